The van der Waals surface area contributed by atoms with E-state index in [1.807, 2.05) is 0 Å². The van der Waals surface area contributed by atoms with Gasteiger partial charge in [-0.1, -0.05) is 117 Å². The largest absolute Gasteiger partial charge is 1.00 e. The highest BCUT2D eigenvalue weighted by Gasteiger charge is 2.24. The third-order valence-electron chi connectivity index (χ3n) is 6.24. The van der Waals surface area contributed by atoms with Crippen LogP contribution >= 0.6 is 0 Å². The van der Waals surface area contributed by atoms with E-state index in [0.29, 0.717) is 10.4 Å². The Labute approximate surface area is 190 Å². The van der Waals surface area contributed by atoms with Crippen molar-refractivity contribution in [1.29, 1.82) is 0 Å². The molecule has 0 aliphatic heterocycles. The van der Waals surface area contributed by atoms with E-state index in [0.717, 1.165) is 19.4 Å². The molecule has 0 aliphatic rings. The van der Waals surface area contributed by atoms with Crippen LogP contribution in [0.2, 0.25) is 0 Å². The summed E-state index contributed by atoms with van der Waals surface area (Å²) in [5, 5.41) is 0. The van der Waals surface area contributed by atoms with Gasteiger partial charge in [0.15, 0.2) is 0 Å². The molecular weight excluding hydrogens is 378 g/mol. The molecule has 176 valence electrons. The summed E-state index contributed by atoms with van der Waals surface area (Å²) in [6.07, 6.45) is 26.3. The molecule has 0 radical (unpaired) electrons. The number of amides is 1. The van der Waals surface area contributed by atoms with Crippen LogP contribution in [0.1, 0.15) is 142 Å². The Kier molecular flexibility index (Phi) is 24.2. The first kappa shape index (κ1) is 31.1. The second kappa shape index (κ2) is 22.6. The molecule has 0 saturated heterocycles. The molecule has 0 atom stereocenters. The van der Waals surface area contributed by atoms with Crippen LogP contribution in [0, 0.1) is 0 Å². The predicted molar refractivity (Wildman–Crippen MR) is 126 cm³/mol. The number of hydrogen-bond acceptors (Lipinski definition) is 1. The van der Waals surface area contributed by atoms with Crippen molar-refractivity contribution in [2.45, 2.75) is 142 Å². The molecule has 0 aromatic rings. The fourth-order valence-electron chi connectivity index (χ4n) is 4.01. The van der Waals surface area contributed by atoms with Crippen molar-refractivity contribution < 1.29 is 21.7 Å². The number of unbranched alkanes of at least 4 members (excludes halogenated alkanes) is 17. The molecule has 0 bridgehead atoms. The summed E-state index contributed by atoms with van der Waals surface area (Å²) >= 11 is 0. The van der Waals surface area contributed by atoms with Crippen molar-refractivity contribution in [2.75, 3.05) is 20.6 Å². The van der Waals surface area contributed by atoms with E-state index in [9.17, 15) is 4.79 Å². The van der Waals surface area contributed by atoms with Crippen molar-refractivity contribution in [2.24, 2.45) is 0 Å². The van der Waals surface area contributed by atoms with Gasteiger partial charge in [0, 0.05) is 0 Å². The maximum atomic E-state index is 12.5. The summed E-state index contributed by atoms with van der Waals surface area (Å²) in [6, 6.07) is 0. The minimum Gasteiger partial charge on any atom is -1.00 e. The first-order chi connectivity index (χ1) is 13.5. The van der Waals surface area contributed by atoms with Gasteiger partial charge in [0.25, 0.3) is 0 Å². The fraction of sp³-hybridized carbons (Fsp3) is 0.962. The predicted octanol–water partition coefficient (Wildman–Crippen LogP) is 5.44. The number of carbonyl (C=O) groups is 1. The minimum absolute atomic E-state index is 0. The van der Waals surface area contributed by atoms with Gasteiger partial charge in [-0.15, -0.1) is 0 Å². The highest BCUT2D eigenvalue weighted by molar-refractivity contribution is 5.68. The van der Waals surface area contributed by atoms with Crippen molar-refractivity contribution in [3.63, 3.8) is 0 Å². The Balaban J connectivity index is 0. The van der Waals surface area contributed by atoms with E-state index < -0.39 is 0 Å². The first-order valence-electron chi connectivity index (χ1n) is 12.9. The fourth-order valence-corrected chi connectivity index (χ4v) is 4.01. The SMILES string of the molecule is CCCCCCCCCCCC[N+](C)(C)C(=O)CCCCCCCCCCC.[Cl-]. The number of nitrogens with zero attached hydrogens (tertiary/aromatic N) is 1. The third-order valence-corrected chi connectivity index (χ3v) is 6.24. The average Bonchev–Trinajstić information content (AvgIpc) is 2.68. The van der Waals surface area contributed by atoms with Gasteiger partial charge >= 0.3 is 5.91 Å². The quantitative estimate of drug-likeness (QED) is 0.175. The van der Waals surface area contributed by atoms with Crippen LogP contribution < -0.4 is 12.4 Å². The summed E-state index contributed by atoms with van der Waals surface area (Å²) in [5.41, 5.74) is 0. The van der Waals surface area contributed by atoms with Crippen molar-refractivity contribution in [1.82, 2.24) is 0 Å². The molecule has 0 N–H and O–H groups in total. The summed E-state index contributed by atoms with van der Waals surface area (Å²) in [7, 11) is 4.23. The van der Waals surface area contributed by atoms with E-state index in [-0.39, 0.29) is 12.4 Å². The lowest BCUT2D eigenvalue weighted by Crippen LogP contribution is -3.00. The molecule has 2 nitrogen and oxygen atoms in total. The lowest BCUT2D eigenvalue weighted by molar-refractivity contribution is -0.814. The smallest absolute Gasteiger partial charge is 0.313 e. The summed E-state index contributed by atoms with van der Waals surface area (Å²) in [5.74, 6) is 0.443. The van der Waals surface area contributed by atoms with E-state index in [2.05, 4.69) is 27.9 Å². The second-order valence-electron chi connectivity index (χ2n) is 9.56. The highest BCUT2D eigenvalue weighted by atomic mass is 35.5. The average molecular weight is 432 g/mol. The monoisotopic (exact) mass is 431 g/mol. The van der Waals surface area contributed by atoms with Crippen LogP contribution in [0.15, 0.2) is 0 Å². The van der Waals surface area contributed by atoms with Crippen LogP contribution in [0.4, 0.5) is 0 Å². The number of hydrogen-bond donors (Lipinski definition) is 0. The molecule has 0 rings (SSSR count). The molecule has 3 heteroatoms. The topological polar surface area (TPSA) is 17.1 Å². The number of rotatable bonds is 21. The second-order valence-corrected chi connectivity index (χ2v) is 9.56. The lowest BCUT2D eigenvalue weighted by atomic mass is 10.1. The third kappa shape index (κ3) is 21.0. The van der Waals surface area contributed by atoms with Crippen LogP contribution in [-0.4, -0.2) is 31.0 Å². The number of halogens is 1. The number of carbonyl (C=O) groups excluding carboxylic acids is 1. The van der Waals surface area contributed by atoms with Gasteiger partial charge in [0.05, 0.1) is 27.1 Å². The molecule has 0 aliphatic carbocycles. The molecule has 0 fully saturated rings. The zero-order chi connectivity index (χ0) is 20.9. The van der Waals surface area contributed by atoms with E-state index in [1.54, 1.807) is 0 Å². The zero-order valence-electron chi connectivity index (χ0n) is 20.6. The van der Waals surface area contributed by atoms with Crippen LogP contribution in [0.3, 0.4) is 0 Å². The highest BCUT2D eigenvalue weighted by Crippen LogP contribution is 2.15. The van der Waals surface area contributed by atoms with E-state index in [4.69, 9.17) is 0 Å². The molecule has 29 heavy (non-hydrogen) atoms. The standard InChI is InChI=1S/C26H54NO.ClH/c1-5-7-9-11-13-15-17-19-21-23-25-27(3,4)26(28)24-22-20-18-16-14-12-10-8-6-2;/h5-25H2,1-4H3;1H/q+1;/p-1. The van der Waals surface area contributed by atoms with Crippen molar-refractivity contribution >= 4 is 5.91 Å². The Morgan fingerprint density at radius 3 is 1.21 bits per heavy atom. The van der Waals surface area contributed by atoms with Gasteiger partial charge in [-0.05, 0) is 19.3 Å². The van der Waals surface area contributed by atoms with Gasteiger partial charge < -0.3 is 12.4 Å². The molecule has 1 amide bonds. The maximum absolute atomic E-state index is 12.5. The van der Waals surface area contributed by atoms with Crippen LogP contribution in [0.5, 0.6) is 0 Å². The summed E-state index contributed by atoms with van der Waals surface area (Å²) in [6.45, 7) is 5.57. The van der Waals surface area contributed by atoms with Gasteiger partial charge in [0.2, 0.25) is 0 Å². The minimum atomic E-state index is 0. The Bertz CT molecular complexity index is 344. The van der Waals surface area contributed by atoms with Crippen molar-refractivity contribution in [3.8, 4) is 0 Å². The molecule has 0 aromatic carbocycles. The Morgan fingerprint density at radius 2 is 0.828 bits per heavy atom. The zero-order valence-corrected chi connectivity index (χ0v) is 21.3. The number of quaternary nitrogens is 1. The van der Waals surface area contributed by atoms with Gasteiger partial charge in [0.1, 0.15) is 0 Å². The summed E-state index contributed by atoms with van der Waals surface area (Å²) < 4.78 is 0.591. The lowest BCUT2D eigenvalue weighted by Gasteiger charge is -2.27. The molecular formula is C26H54ClNO. The molecule has 0 unspecified atom stereocenters. The Hall–Kier alpha value is -0.0800. The normalized spacial score (nSPS) is 11.4. The molecule has 0 spiro atoms. The molecule has 0 heterocycles. The van der Waals surface area contributed by atoms with E-state index in [1.165, 1.54) is 116 Å². The summed E-state index contributed by atoms with van der Waals surface area (Å²) in [4.78, 5) is 12.5. The molecule has 0 saturated carbocycles. The maximum Gasteiger partial charge on any atom is 0.313 e. The van der Waals surface area contributed by atoms with Crippen molar-refractivity contribution in [3.05, 3.63) is 0 Å². The molecule has 0 aromatic heterocycles. The Morgan fingerprint density at radius 1 is 0.517 bits per heavy atom. The van der Waals surface area contributed by atoms with E-state index >= 15 is 0 Å². The van der Waals surface area contributed by atoms with Crippen LogP contribution in [0.25, 0.3) is 0 Å². The van der Waals surface area contributed by atoms with Gasteiger partial charge in [-0.2, -0.15) is 0 Å². The van der Waals surface area contributed by atoms with Crippen LogP contribution in [-0.2, 0) is 4.79 Å². The van der Waals surface area contributed by atoms with Gasteiger partial charge in [-0.3, -0.25) is 4.48 Å². The van der Waals surface area contributed by atoms with Gasteiger partial charge in [-0.25, -0.2) is 4.79 Å². The first-order valence-corrected chi connectivity index (χ1v) is 12.9.